The van der Waals surface area contributed by atoms with Crippen molar-refractivity contribution in [3.05, 3.63) is 71.3 Å². The molecule has 1 unspecified atom stereocenters. The maximum atomic E-state index is 12.7. The van der Waals surface area contributed by atoms with E-state index in [-0.39, 0.29) is 17.8 Å². The van der Waals surface area contributed by atoms with Crippen LogP contribution in [0.4, 0.5) is 0 Å². The topological polar surface area (TPSA) is 81.5 Å². The van der Waals surface area contributed by atoms with Gasteiger partial charge in [0.15, 0.2) is 5.96 Å². The standard InChI is InChI=1S/C18H19N3O/c1-12-6-5-7-13(10-12)15-11-18(15,16(22)21-17(19)20)14-8-3-2-4-9-14/h2-10,15H,11H2,1H3,(H4,19,20,21,22)/t15?,18-/m0/s1. The Morgan fingerprint density at radius 1 is 1.14 bits per heavy atom. The molecule has 4 N–H and O–H groups in total. The van der Waals surface area contributed by atoms with Crippen molar-refractivity contribution in [3.63, 3.8) is 0 Å². The number of carbonyl (C=O) groups excluding carboxylic acids is 1. The second kappa shape index (κ2) is 5.30. The highest BCUT2D eigenvalue weighted by Crippen LogP contribution is 2.61. The summed E-state index contributed by atoms with van der Waals surface area (Å²) in [6.07, 6.45) is 0.732. The van der Waals surface area contributed by atoms with Crippen molar-refractivity contribution < 1.29 is 4.79 Å². The summed E-state index contributed by atoms with van der Waals surface area (Å²) in [5.74, 6) is -0.328. The molecule has 2 aromatic carbocycles. The quantitative estimate of drug-likeness (QED) is 0.672. The van der Waals surface area contributed by atoms with Crippen LogP contribution < -0.4 is 11.5 Å². The summed E-state index contributed by atoms with van der Waals surface area (Å²) in [5, 5.41) is 0. The van der Waals surface area contributed by atoms with Gasteiger partial charge in [0.2, 0.25) is 0 Å². The van der Waals surface area contributed by atoms with E-state index < -0.39 is 5.41 Å². The largest absolute Gasteiger partial charge is 0.370 e. The molecule has 1 fully saturated rings. The van der Waals surface area contributed by atoms with E-state index in [2.05, 4.69) is 17.1 Å². The average Bonchev–Trinajstić information content (AvgIpc) is 3.24. The van der Waals surface area contributed by atoms with Gasteiger partial charge in [0.05, 0.1) is 5.41 Å². The molecule has 2 atom stereocenters. The van der Waals surface area contributed by atoms with E-state index in [1.165, 1.54) is 5.56 Å². The number of aliphatic imine (C=N–C) groups is 1. The minimum atomic E-state index is -0.640. The molecule has 22 heavy (non-hydrogen) atoms. The van der Waals surface area contributed by atoms with Gasteiger partial charge >= 0.3 is 0 Å². The van der Waals surface area contributed by atoms with Gasteiger partial charge in [-0.3, -0.25) is 4.79 Å². The smallest absolute Gasteiger partial charge is 0.260 e. The number of rotatable bonds is 3. The summed E-state index contributed by atoms with van der Waals surface area (Å²) in [4.78, 5) is 16.5. The Bertz CT molecular complexity index is 735. The lowest BCUT2D eigenvalue weighted by Crippen LogP contribution is -2.29. The predicted octanol–water partition coefficient (Wildman–Crippen LogP) is 2.22. The Morgan fingerprint density at radius 3 is 2.50 bits per heavy atom. The van der Waals surface area contributed by atoms with Crippen LogP contribution in [0.15, 0.2) is 59.6 Å². The van der Waals surface area contributed by atoms with Crippen molar-refractivity contribution in [2.24, 2.45) is 16.5 Å². The van der Waals surface area contributed by atoms with Gasteiger partial charge in [-0.2, -0.15) is 4.99 Å². The lowest BCUT2D eigenvalue weighted by Gasteiger charge is -2.15. The number of nitrogens with zero attached hydrogens (tertiary/aromatic N) is 1. The summed E-state index contributed by atoms with van der Waals surface area (Å²) >= 11 is 0. The molecule has 0 aliphatic heterocycles. The fourth-order valence-corrected chi connectivity index (χ4v) is 3.18. The Hall–Kier alpha value is -2.62. The van der Waals surface area contributed by atoms with Crippen LogP contribution in [0.5, 0.6) is 0 Å². The zero-order valence-electron chi connectivity index (χ0n) is 12.5. The normalized spacial score (nSPS) is 22.9. The fourth-order valence-electron chi connectivity index (χ4n) is 3.18. The number of carbonyl (C=O) groups is 1. The molecule has 4 nitrogen and oxygen atoms in total. The van der Waals surface area contributed by atoms with Crippen LogP contribution in [0.2, 0.25) is 0 Å². The maximum Gasteiger partial charge on any atom is 0.260 e. The van der Waals surface area contributed by atoms with E-state index >= 15 is 0 Å². The lowest BCUT2D eigenvalue weighted by molar-refractivity contribution is -0.120. The third kappa shape index (κ3) is 2.37. The first-order valence-electron chi connectivity index (χ1n) is 7.30. The first-order valence-corrected chi connectivity index (χ1v) is 7.30. The third-order valence-corrected chi connectivity index (χ3v) is 4.31. The molecule has 4 heteroatoms. The van der Waals surface area contributed by atoms with Crippen LogP contribution in [-0.4, -0.2) is 11.9 Å². The highest BCUT2D eigenvalue weighted by atomic mass is 16.2. The van der Waals surface area contributed by atoms with Gasteiger partial charge in [0, 0.05) is 5.92 Å². The van der Waals surface area contributed by atoms with Gasteiger partial charge in [-0.05, 0) is 24.5 Å². The summed E-state index contributed by atoms with van der Waals surface area (Å²) in [6, 6.07) is 18.0. The van der Waals surface area contributed by atoms with Crippen LogP contribution in [-0.2, 0) is 10.2 Å². The van der Waals surface area contributed by atoms with Crippen molar-refractivity contribution in [2.45, 2.75) is 24.7 Å². The predicted molar refractivity (Wildman–Crippen MR) is 87.5 cm³/mol. The molecule has 0 heterocycles. The fraction of sp³-hybridized carbons (Fsp3) is 0.222. The van der Waals surface area contributed by atoms with Crippen LogP contribution in [0.3, 0.4) is 0 Å². The highest BCUT2D eigenvalue weighted by Gasteiger charge is 2.61. The van der Waals surface area contributed by atoms with Crippen molar-refractivity contribution in [2.75, 3.05) is 0 Å². The van der Waals surface area contributed by atoms with E-state index in [0.29, 0.717) is 0 Å². The number of hydrogen-bond acceptors (Lipinski definition) is 1. The lowest BCUT2D eigenvalue weighted by atomic mass is 9.89. The molecule has 1 amide bonds. The number of benzene rings is 2. The highest BCUT2D eigenvalue weighted by molar-refractivity contribution is 6.00. The molecule has 0 bridgehead atoms. The van der Waals surface area contributed by atoms with Crippen molar-refractivity contribution >= 4 is 11.9 Å². The maximum absolute atomic E-state index is 12.7. The number of nitrogens with two attached hydrogens (primary N) is 2. The molecular weight excluding hydrogens is 274 g/mol. The first-order chi connectivity index (χ1) is 10.5. The Kier molecular flexibility index (Phi) is 3.45. The van der Waals surface area contributed by atoms with E-state index in [1.807, 2.05) is 49.4 Å². The number of hydrogen-bond donors (Lipinski definition) is 2. The van der Waals surface area contributed by atoms with Crippen LogP contribution in [0.25, 0.3) is 0 Å². The van der Waals surface area contributed by atoms with Crippen molar-refractivity contribution in [1.29, 1.82) is 0 Å². The average molecular weight is 293 g/mol. The molecule has 0 aromatic heterocycles. The van der Waals surface area contributed by atoms with Gasteiger partial charge < -0.3 is 11.5 Å². The third-order valence-electron chi connectivity index (χ3n) is 4.31. The Labute approximate surface area is 129 Å². The summed E-state index contributed by atoms with van der Waals surface area (Å²) in [6.45, 7) is 2.05. The molecular formula is C18H19N3O. The minimum absolute atomic E-state index is 0.116. The summed E-state index contributed by atoms with van der Waals surface area (Å²) in [7, 11) is 0. The number of amides is 1. The molecule has 1 saturated carbocycles. The Balaban J connectivity index is 2.04. The molecule has 0 spiro atoms. The van der Waals surface area contributed by atoms with Gasteiger partial charge in [-0.25, -0.2) is 0 Å². The monoisotopic (exact) mass is 293 g/mol. The SMILES string of the molecule is Cc1cccc(C2C[C@]2(C(=O)N=C(N)N)c2ccccc2)c1. The summed E-state index contributed by atoms with van der Waals surface area (Å²) in [5.41, 5.74) is 13.5. The van der Waals surface area contributed by atoms with Crippen LogP contribution >= 0.6 is 0 Å². The first kappa shape index (κ1) is 14.3. The van der Waals surface area contributed by atoms with E-state index in [4.69, 9.17) is 11.5 Å². The number of guanidine groups is 1. The molecule has 2 aromatic rings. The van der Waals surface area contributed by atoms with Crippen molar-refractivity contribution in [3.8, 4) is 0 Å². The second-order valence-electron chi connectivity index (χ2n) is 5.85. The van der Waals surface area contributed by atoms with Gasteiger partial charge in [0.25, 0.3) is 5.91 Å². The number of aryl methyl sites for hydroxylation is 1. The van der Waals surface area contributed by atoms with Gasteiger partial charge in [0.1, 0.15) is 0 Å². The minimum Gasteiger partial charge on any atom is -0.370 e. The second-order valence-corrected chi connectivity index (χ2v) is 5.85. The molecule has 112 valence electrons. The van der Waals surface area contributed by atoms with E-state index in [1.54, 1.807) is 0 Å². The van der Waals surface area contributed by atoms with Crippen LogP contribution in [0, 0.1) is 6.92 Å². The van der Waals surface area contributed by atoms with Gasteiger partial charge in [-0.15, -0.1) is 0 Å². The van der Waals surface area contributed by atoms with Crippen molar-refractivity contribution in [1.82, 2.24) is 0 Å². The molecule has 0 radical (unpaired) electrons. The molecule has 0 saturated heterocycles. The van der Waals surface area contributed by atoms with Gasteiger partial charge in [-0.1, -0.05) is 60.2 Å². The Morgan fingerprint density at radius 2 is 1.86 bits per heavy atom. The van der Waals surface area contributed by atoms with E-state index in [0.717, 1.165) is 17.5 Å². The molecule has 3 rings (SSSR count). The molecule has 1 aliphatic carbocycles. The molecule has 1 aliphatic rings. The zero-order chi connectivity index (χ0) is 15.7. The van der Waals surface area contributed by atoms with Crippen LogP contribution in [0.1, 0.15) is 29.0 Å². The van der Waals surface area contributed by atoms with E-state index in [9.17, 15) is 4.79 Å². The summed E-state index contributed by atoms with van der Waals surface area (Å²) < 4.78 is 0. The zero-order valence-corrected chi connectivity index (χ0v) is 12.5.